The number of hydrogen-bond acceptors (Lipinski definition) is 2. The summed E-state index contributed by atoms with van der Waals surface area (Å²) in [6.45, 7) is 1.61. The summed E-state index contributed by atoms with van der Waals surface area (Å²) in [5.74, 6) is -3.56. The van der Waals surface area contributed by atoms with Crippen molar-refractivity contribution >= 4 is 11.9 Å². The minimum atomic E-state index is -4.85. The van der Waals surface area contributed by atoms with Gasteiger partial charge in [0.2, 0.25) is 0 Å². The standard InChI is InChI=1S/C11H16F3NO3/c1-7(9(16)17)5-8-3-2-4-15(6-8)10(18)11(12,13)14/h7-8H,2-6H2,1H3,(H,16,17). The molecule has 0 bridgehead atoms. The molecule has 2 atom stereocenters. The number of piperidine rings is 1. The molecule has 18 heavy (non-hydrogen) atoms. The Balaban J connectivity index is 2.56. The molecule has 1 heterocycles. The Hall–Kier alpha value is -1.27. The molecule has 1 N–H and O–H groups in total. The number of carbonyl (C=O) groups excluding carboxylic acids is 1. The molecule has 4 nitrogen and oxygen atoms in total. The van der Waals surface area contributed by atoms with Gasteiger partial charge in [-0.05, 0) is 25.2 Å². The summed E-state index contributed by atoms with van der Waals surface area (Å²) >= 11 is 0. The van der Waals surface area contributed by atoms with E-state index >= 15 is 0 Å². The fourth-order valence-corrected chi connectivity index (χ4v) is 2.22. The van der Waals surface area contributed by atoms with Crippen LogP contribution in [0.3, 0.4) is 0 Å². The first kappa shape index (κ1) is 14.8. The van der Waals surface area contributed by atoms with E-state index in [2.05, 4.69) is 0 Å². The maximum atomic E-state index is 12.3. The Morgan fingerprint density at radius 3 is 2.56 bits per heavy atom. The molecule has 0 aromatic carbocycles. The molecule has 7 heteroatoms. The van der Waals surface area contributed by atoms with Crippen LogP contribution in [-0.4, -0.2) is 41.1 Å². The highest BCUT2D eigenvalue weighted by Gasteiger charge is 2.43. The van der Waals surface area contributed by atoms with Gasteiger partial charge in [0, 0.05) is 13.1 Å². The highest BCUT2D eigenvalue weighted by molar-refractivity contribution is 5.81. The number of carbonyl (C=O) groups is 2. The lowest BCUT2D eigenvalue weighted by molar-refractivity contribution is -0.187. The lowest BCUT2D eigenvalue weighted by Crippen LogP contribution is -2.46. The molecule has 0 aromatic rings. The first-order chi connectivity index (χ1) is 8.21. The number of nitrogens with zero attached hydrogens (tertiary/aromatic N) is 1. The summed E-state index contributed by atoms with van der Waals surface area (Å²) in [6, 6.07) is 0. The number of likely N-dealkylation sites (tertiary alicyclic amines) is 1. The number of halogens is 3. The number of carboxylic acids is 1. The van der Waals surface area contributed by atoms with Gasteiger partial charge in [0.25, 0.3) is 0 Å². The summed E-state index contributed by atoms with van der Waals surface area (Å²) < 4.78 is 36.8. The van der Waals surface area contributed by atoms with Gasteiger partial charge in [-0.1, -0.05) is 6.92 Å². The summed E-state index contributed by atoms with van der Waals surface area (Å²) in [5.41, 5.74) is 0. The van der Waals surface area contributed by atoms with Gasteiger partial charge in [-0.25, -0.2) is 0 Å². The van der Waals surface area contributed by atoms with Gasteiger partial charge in [-0.2, -0.15) is 13.2 Å². The molecule has 1 aliphatic rings. The largest absolute Gasteiger partial charge is 0.481 e. The highest BCUT2D eigenvalue weighted by Crippen LogP contribution is 2.27. The summed E-state index contributed by atoms with van der Waals surface area (Å²) in [5, 5.41) is 8.76. The first-order valence-electron chi connectivity index (χ1n) is 5.80. The van der Waals surface area contributed by atoms with Crippen LogP contribution in [0.25, 0.3) is 0 Å². The Morgan fingerprint density at radius 1 is 1.44 bits per heavy atom. The van der Waals surface area contributed by atoms with Crippen LogP contribution in [0, 0.1) is 11.8 Å². The van der Waals surface area contributed by atoms with Crippen LogP contribution in [0.15, 0.2) is 0 Å². The Labute approximate surface area is 103 Å². The number of amides is 1. The molecular formula is C11H16F3NO3. The fraction of sp³-hybridized carbons (Fsp3) is 0.818. The number of carboxylic acid groups (broad SMARTS) is 1. The Bertz CT molecular complexity index is 330. The van der Waals surface area contributed by atoms with Crippen LogP contribution in [-0.2, 0) is 9.59 Å². The van der Waals surface area contributed by atoms with Gasteiger partial charge in [0.15, 0.2) is 0 Å². The highest BCUT2D eigenvalue weighted by atomic mass is 19.4. The smallest absolute Gasteiger partial charge is 0.471 e. The average molecular weight is 267 g/mol. The lowest BCUT2D eigenvalue weighted by Gasteiger charge is -2.33. The molecular weight excluding hydrogens is 251 g/mol. The van der Waals surface area contributed by atoms with Crippen LogP contribution >= 0.6 is 0 Å². The van der Waals surface area contributed by atoms with E-state index in [-0.39, 0.29) is 19.0 Å². The van der Waals surface area contributed by atoms with Crippen molar-refractivity contribution in [3.63, 3.8) is 0 Å². The minimum Gasteiger partial charge on any atom is -0.481 e. The van der Waals surface area contributed by atoms with Crippen molar-refractivity contribution in [3.05, 3.63) is 0 Å². The molecule has 1 saturated heterocycles. The van der Waals surface area contributed by atoms with Crippen molar-refractivity contribution in [1.82, 2.24) is 4.90 Å². The van der Waals surface area contributed by atoms with Gasteiger partial charge in [-0.15, -0.1) is 0 Å². The second kappa shape index (κ2) is 5.58. The van der Waals surface area contributed by atoms with E-state index in [1.807, 2.05) is 0 Å². The predicted octanol–water partition coefficient (Wildman–Crippen LogP) is 1.90. The topological polar surface area (TPSA) is 57.6 Å². The van der Waals surface area contributed by atoms with Crippen molar-refractivity contribution in [3.8, 4) is 0 Å². The second-order valence-corrected chi connectivity index (χ2v) is 4.73. The van der Waals surface area contributed by atoms with E-state index in [4.69, 9.17) is 5.11 Å². The third kappa shape index (κ3) is 3.89. The zero-order valence-corrected chi connectivity index (χ0v) is 10.0. The molecule has 0 saturated carbocycles. The van der Waals surface area contributed by atoms with Crippen molar-refractivity contribution < 1.29 is 27.9 Å². The number of hydrogen-bond donors (Lipinski definition) is 1. The monoisotopic (exact) mass is 267 g/mol. The molecule has 1 aliphatic heterocycles. The van der Waals surface area contributed by atoms with Gasteiger partial charge < -0.3 is 10.0 Å². The molecule has 0 radical (unpaired) electrons. The number of alkyl halides is 3. The second-order valence-electron chi connectivity index (χ2n) is 4.73. The maximum absolute atomic E-state index is 12.3. The lowest BCUT2D eigenvalue weighted by atomic mass is 9.89. The van der Waals surface area contributed by atoms with Crippen molar-refractivity contribution in [1.29, 1.82) is 0 Å². The number of aliphatic carboxylic acids is 1. The van der Waals surface area contributed by atoms with Crippen LogP contribution in [0.5, 0.6) is 0 Å². The predicted molar refractivity (Wildman–Crippen MR) is 56.8 cm³/mol. The van der Waals surface area contributed by atoms with Crippen molar-refractivity contribution in [2.24, 2.45) is 11.8 Å². The van der Waals surface area contributed by atoms with Gasteiger partial charge in [-0.3, -0.25) is 9.59 Å². The zero-order chi connectivity index (χ0) is 13.9. The zero-order valence-electron chi connectivity index (χ0n) is 10.0. The molecule has 0 aromatic heterocycles. The summed E-state index contributed by atoms with van der Waals surface area (Å²) in [7, 11) is 0. The van der Waals surface area contributed by atoms with E-state index in [0.717, 1.165) is 4.90 Å². The summed E-state index contributed by atoms with van der Waals surface area (Å²) in [4.78, 5) is 22.5. The SMILES string of the molecule is CC(CC1CCCN(C(=O)C(F)(F)F)C1)C(=O)O. The first-order valence-corrected chi connectivity index (χ1v) is 5.80. The van der Waals surface area contributed by atoms with Crippen LogP contribution in [0.1, 0.15) is 26.2 Å². The van der Waals surface area contributed by atoms with Gasteiger partial charge in [0.1, 0.15) is 0 Å². The summed E-state index contributed by atoms with van der Waals surface area (Å²) in [6.07, 6.45) is -3.39. The Morgan fingerprint density at radius 2 is 2.06 bits per heavy atom. The third-order valence-corrected chi connectivity index (χ3v) is 3.16. The molecule has 104 valence electrons. The molecule has 1 rings (SSSR count). The van der Waals surface area contributed by atoms with Crippen molar-refractivity contribution in [2.45, 2.75) is 32.4 Å². The molecule has 1 fully saturated rings. The van der Waals surface area contributed by atoms with E-state index in [1.165, 1.54) is 6.92 Å². The minimum absolute atomic E-state index is 0.00400. The fourth-order valence-electron chi connectivity index (χ4n) is 2.22. The van der Waals surface area contributed by atoms with E-state index < -0.39 is 24.0 Å². The van der Waals surface area contributed by atoms with Crippen LogP contribution in [0.2, 0.25) is 0 Å². The van der Waals surface area contributed by atoms with E-state index in [1.54, 1.807) is 0 Å². The van der Waals surface area contributed by atoms with Crippen LogP contribution in [0.4, 0.5) is 13.2 Å². The number of rotatable bonds is 3. The van der Waals surface area contributed by atoms with E-state index in [0.29, 0.717) is 19.3 Å². The molecule has 0 aliphatic carbocycles. The van der Waals surface area contributed by atoms with Gasteiger partial charge in [0.05, 0.1) is 5.92 Å². The molecule has 0 spiro atoms. The van der Waals surface area contributed by atoms with Gasteiger partial charge >= 0.3 is 18.1 Å². The quantitative estimate of drug-likeness (QED) is 0.849. The molecule has 2 unspecified atom stereocenters. The Kier molecular flexibility index (Phi) is 4.59. The molecule has 1 amide bonds. The normalized spacial score (nSPS) is 22.7. The van der Waals surface area contributed by atoms with E-state index in [9.17, 15) is 22.8 Å². The maximum Gasteiger partial charge on any atom is 0.471 e. The van der Waals surface area contributed by atoms with Crippen LogP contribution < -0.4 is 0 Å². The van der Waals surface area contributed by atoms with Crippen molar-refractivity contribution in [2.75, 3.05) is 13.1 Å². The third-order valence-electron chi connectivity index (χ3n) is 3.16. The average Bonchev–Trinajstić information content (AvgIpc) is 2.27.